The van der Waals surface area contributed by atoms with Crippen LogP contribution in [0.1, 0.15) is 5.89 Å². The van der Waals surface area contributed by atoms with E-state index in [1.54, 1.807) is 31.4 Å². The standard InChI is InChI=1S/C17H14Cl2N4O2S/c1-24-14-7-6-12(8-13(14)19)21-17(26)20-9-15-22-16(23-25-15)10-2-4-11(18)5-3-10/h2-8H,9H2,1H3,(H2,20,21,26). The molecule has 0 radical (unpaired) electrons. The van der Waals surface area contributed by atoms with Gasteiger partial charge < -0.3 is 19.9 Å². The van der Waals surface area contributed by atoms with Gasteiger partial charge in [-0.15, -0.1) is 0 Å². The van der Waals surface area contributed by atoms with Crippen LogP contribution in [0.25, 0.3) is 11.4 Å². The number of hydrogen-bond donors (Lipinski definition) is 2. The van der Waals surface area contributed by atoms with Crippen LogP contribution in [0.4, 0.5) is 5.69 Å². The lowest BCUT2D eigenvalue weighted by Crippen LogP contribution is -2.28. The summed E-state index contributed by atoms with van der Waals surface area (Å²) in [4.78, 5) is 4.32. The van der Waals surface area contributed by atoms with Gasteiger partial charge in [-0.25, -0.2) is 0 Å². The fraction of sp³-hybridized carbons (Fsp3) is 0.118. The second-order valence-electron chi connectivity index (χ2n) is 5.18. The molecule has 0 aliphatic carbocycles. The zero-order valence-corrected chi connectivity index (χ0v) is 16.0. The van der Waals surface area contributed by atoms with Crippen molar-refractivity contribution in [1.82, 2.24) is 15.5 Å². The molecule has 9 heteroatoms. The first kappa shape index (κ1) is 18.4. The van der Waals surface area contributed by atoms with Crippen molar-refractivity contribution in [2.75, 3.05) is 12.4 Å². The summed E-state index contributed by atoms with van der Waals surface area (Å²) in [6.45, 7) is 0.288. The number of nitrogens with zero attached hydrogens (tertiary/aromatic N) is 2. The minimum atomic E-state index is 0.288. The minimum absolute atomic E-state index is 0.288. The molecular formula is C17H14Cl2N4O2S. The third-order valence-electron chi connectivity index (χ3n) is 3.38. The van der Waals surface area contributed by atoms with E-state index in [9.17, 15) is 0 Å². The minimum Gasteiger partial charge on any atom is -0.495 e. The number of rotatable bonds is 5. The van der Waals surface area contributed by atoms with E-state index in [2.05, 4.69) is 20.8 Å². The number of halogens is 2. The SMILES string of the molecule is COc1ccc(NC(=S)NCc2nc(-c3ccc(Cl)cc3)no2)cc1Cl. The fourth-order valence-corrected chi connectivity index (χ4v) is 2.69. The molecule has 0 spiro atoms. The van der Waals surface area contributed by atoms with E-state index in [4.69, 9.17) is 44.7 Å². The normalized spacial score (nSPS) is 10.4. The van der Waals surface area contributed by atoms with Gasteiger partial charge in [0.15, 0.2) is 5.11 Å². The van der Waals surface area contributed by atoms with Gasteiger partial charge in [-0.2, -0.15) is 4.98 Å². The van der Waals surface area contributed by atoms with Crippen LogP contribution in [0.15, 0.2) is 47.0 Å². The molecule has 0 aliphatic heterocycles. The molecule has 6 nitrogen and oxygen atoms in total. The molecule has 0 amide bonds. The van der Waals surface area contributed by atoms with Crippen LogP contribution >= 0.6 is 35.4 Å². The molecule has 0 saturated carbocycles. The summed E-state index contributed by atoms with van der Waals surface area (Å²) < 4.78 is 10.3. The average Bonchev–Trinajstić information content (AvgIpc) is 3.10. The van der Waals surface area contributed by atoms with Gasteiger partial charge in [-0.05, 0) is 54.7 Å². The van der Waals surface area contributed by atoms with Gasteiger partial charge in [-0.3, -0.25) is 0 Å². The van der Waals surface area contributed by atoms with Gasteiger partial charge in [-0.1, -0.05) is 28.4 Å². The molecule has 1 heterocycles. The van der Waals surface area contributed by atoms with Crippen molar-refractivity contribution in [3.8, 4) is 17.1 Å². The Balaban J connectivity index is 1.56. The maximum atomic E-state index is 6.09. The number of methoxy groups -OCH3 is 1. The average molecular weight is 409 g/mol. The van der Waals surface area contributed by atoms with Crippen LogP contribution < -0.4 is 15.4 Å². The van der Waals surface area contributed by atoms with Crippen LogP contribution in [-0.2, 0) is 6.54 Å². The molecule has 3 aromatic rings. The van der Waals surface area contributed by atoms with Crippen LogP contribution in [0.3, 0.4) is 0 Å². The van der Waals surface area contributed by atoms with Crippen molar-refractivity contribution in [1.29, 1.82) is 0 Å². The van der Waals surface area contributed by atoms with E-state index in [1.807, 2.05) is 18.2 Å². The Morgan fingerprint density at radius 2 is 1.96 bits per heavy atom. The molecule has 1 aromatic heterocycles. The maximum Gasteiger partial charge on any atom is 0.246 e. The molecule has 26 heavy (non-hydrogen) atoms. The quantitative estimate of drug-likeness (QED) is 0.600. The maximum absolute atomic E-state index is 6.09. The second kappa shape index (κ2) is 8.35. The highest BCUT2D eigenvalue weighted by Crippen LogP contribution is 2.27. The number of hydrogen-bond acceptors (Lipinski definition) is 5. The van der Waals surface area contributed by atoms with Gasteiger partial charge in [0.05, 0.1) is 18.7 Å². The highest BCUT2D eigenvalue weighted by Gasteiger charge is 2.09. The smallest absolute Gasteiger partial charge is 0.246 e. The lowest BCUT2D eigenvalue weighted by atomic mass is 10.2. The molecule has 2 aromatic carbocycles. The zero-order chi connectivity index (χ0) is 18.5. The summed E-state index contributed by atoms with van der Waals surface area (Å²) >= 11 is 17.2. The Labute approximate surface area is 165 Å². The van der Waals surface area contributed by atoms with Crippen molar-refractivity contribution in [2.45, 2.75) is 6.54 Å². The molecule has 0 atom stereocenters. The van der Waals surface area contributed by atoms with Gasteiger partial charge in [0.1, 0.15) is 5.75 Å². The van der Waals surface area contributed by atoms with Crippen LogP contribution in [0, 0.1) is 0 Å². The number of anilines is 1. The van der Waals surface area contributed by atoms with E-state index in [1.165, 1.54) is 0 Å². The Hall–Kier alpha value is -2.35. The van der Waals surface area contributed by atoms with Crippen molar-refractivity contribution in [3.63, 3.8) is 0 Å². The summed E-state index contributed by atoms with van der Waals surface area (Å²) in [5.74, 6) is 1.49. The van der Waals surface area contributed by atoms with Crippen molar-refractivity contribution >= 4 is 46.2 Å². The summed E-state index contributed by atoms with van der Waals surface area (Å²) in [6, 6.07) is 12.5. The third kappa shape index (κ3) is 4.63. The largest absolute Gasteiger partial charge is 0.495 e. The summed E-state index contributed by atoms with van der Waals surface area (Å²) in [7, 11) is 1.56. The predicted molar refractivity (Wildman–Crippen MR) is 106 cm³/mol. The second-order valence-corrected chi connectivity index (χ2v) is 6.43. The topological polar surface area (TPSA) is 72.2 Å². The number of ether oxygens (including phenoxy) is 1. The first-order chi connectivity index (χ1) is 12.5. The highest BCUT2D eigenvalue weighted by atomic mass is 35.5. The first-order valence-electron chi connectivity index (χ1n) is 7.52. The molecule has 0 fully saturated rings. The first-order valence-corrected chi connectivity index (χ1v) is 8.68. The van der Waals surface area contributed by atoms with Gasteiger partial charge in [0.25, 0.3) is 0 Å². The third-order valence-corrected chi connectivity index (χ3v) is 4.17. The lowest BCUT2D eigenvalue weighted by molar-refractivity contribution is 0.376. The predicted octanol–water partition coefficient (Wildman–Crippen LogP) is 4.54. The number of aromatic nitrogens is 2. The van der Waals surface area contributed by atoms with Gasteiger partial charge >= 0.3 is 0 Å². The molecule has 0 bridgehead atoms. The van der Waals surface area contributed by atoms with Crippen molar-refractivity contribution in [3.05, 3.63) is 58.4 Å². The lowest BCUT2D eigenvalue weighted by Gasteiger charge is -2.10. The number of thiocarbonyl (C=S) groups is 1. The number of nitrogens with one attached hydrogen (secondary N) is 2. The van der Waals surface area contributed by atoms with Crippen LogP contribution in [0.5, 0.6) is 5.75 Å². The van der Waals surface area contributed by atoms with Crippen LogP contribution in [0.2, 0.25) is 10.0 Å². The molecule has 2 N–H and O–H groups in total. The molecular weight excluding hydrogens is 395 g/mol. The van der Waals surface area contributed by atoms with Crippen molar-refractivity contribution < 1.29 is 9.26 Å². The van der Waals surface area contributed by atoms with E-state index in [0.717, 1.165) is 11.3 Å². The van der Waals surface area contributed by atoms with E-state index in [-0.39, 0.29) is 6.54 Å². The van der Waals surface area contributed by atoms with E-state index < -0.39 is 0 Å². The Morgan fingerprint density at radius 1 is 1.19 bits per heavy atom. The molecule has 0 aliphatic rings. The van der Waals surface area contributed by atoms with Gasteiger partial charge in [0, 0.05) is 16.3 Å². The Kier molecular flexibility index (Phi) is 5.92. The number of benzene rings is 2. The zero-order valence-electron chi connectivity index (χ0n) is 13.6. The van der Waals surface area contributed by atoms with Crippen molar-refractivity contribution in [2.24, 2.45) is 0 Å². The molecule has 0 saturated heterocycles. The molecule has 0 unspecified atom stereocenters. The van der Waals surface area contributed by atoms with Gasteiger partial charge in [0.2, 0.25) is 11.7 Å². The summed E-state index contributed by atoms with van der Waals surface area (Å²) in [6.07, 6.45) is 0. The monoisotopic (exact) mass is 408 g/mol. The Morgan fingerprint density at radius 3 is 2.65 bits per heavy atom. The summed E-state index contributed by atoms with van der Waals surface area (Å²) in [5, 5.41) is 11.5. The molecule has 134 valence electrons. The summed E-state index contributed by atoms with van der Waals surface area (Å²) in [5.41, 5.74) is 1.55. The van der Waals surface area contributed by atoms with Crippen LogP contribution in [-0.4, -0.2) is 22.4 Å². The fourth-order valence-electron chi connectivity index (χ4n) is 2.12. The van der Waals surface area contributed by atoms with E-state index in [0.29, 0.717) is 32.6 Å². The Bertz CT molecular complexity index is 915. The highest BCUT2D eigenvalue weighted by molar-refractivity contribution is 7.80. The van der Waals surface area contributed by atoms with E-state index >= 15 is 0 Å². The molecule has 3 rings (SSSR count).